The fourth-order valence-electron chi connectivity index (χ4n) is 1.84. The van der Waals surface area contributed by atoms with Crippen LogP contribution in [0.25, 0.3) is 0 Å². The van der Waals surface area contributed by atoms with E-state index in [1.165, 1.54) is 6.92 Å². The van der Waals surface area contributed by atoms with Crippen LogP contribution >= 0.6 is 0 Å². The Kier molecular flexibility index (Phi) is 3.36. The third kappa shape index (κ3) is 2.93. The molecule has 5 nitrogen and oxygen atoms in total. The number of nitrogens with one attached hydrogen (secondary N) is 1. The van der Waals surface area contributed by atoms with E-state index in [1.807, 2.05) is 6.92 Å². The fourth-order valence-corrected chi connectivity index (χ4v) is 2.46. The largest absolute Gasteiger partial charge is 0.349 e. The molecule has 1 fully saturated rings. The minimum Gasteiger partial charge on any atom is -0.349 e. The standard InChI is InChI=1S/C12H15FN2O3S/c1-6-4-10(6)15-12(16)9-5-8(19(14,17)18)3-7(2)11(9)13/h3,5-6,10H,4H2,1-2H3,(H,15,16)(H2,14,17,18). The quantitative estimate of drug-likeness (QED) is 0.866. The summed E-state index contributed by atoms with van der Waals surface area (Å²) in [5, 5.41) is 7.65. The number of rotatable bonds is 3. The molecule has 7 heteroatoms. The maximum absolute atomic E-state index is 13.9. The lowest BCUT2D eigenvalue weighted by atomic mass is 10.1. The number of sulfonamides is 1. The van der Waals surface area contributed by atoms with Gasteiger partial charge in [0, 0.05) is 6.04 Å². The molecule has 1 amide bonds. The zero-order chi connectivity index (χ0) is 14.4. The van der Waals surface area contributed by atoms with E-state index in [1.54, 1.807) is 0 Å². The van der Waals surface area contributed by atoms with Crippen molar-refractivity contribution < 1.29 is 17.6 Å². The predicted molar refractivity (Wildman–Crippen MR) is 67.5 cm³/mol. The summed E-state index contributed by atoms with van der Waals surface area (Å²) >= 11 is 0. The maximum atomic E-state index is 13.9. The van der Waals surface area contributed by atoms with Gasteiger partial charge in [-0.05, 0) is 37.0 Å². The molecule has 104 valence electrons. The molecule has 1 aliphatic carbocycles. The zero-order valence-corrected chi connectivity index (χ0v) is 11.4. The molecule has 0 spiro atoms. The van der Waals surface area contributed by atoms with E-state index in [9.17, 15) is 17.6 Å². The highest BCUT2D eigenvalue weighted by atomic mass is 32.2. The Morgan fingerprint density at radius 2 is 2.05 bits per heavy atom. The molecule has 2 rings (SSSR count). The van der Waals surface area contributed by atoms with Gasteiger partial charge in [0.15, 0.2) is 0 Å². The summed E-state index contributed by atoms with van der Waals surface area (Å²) in [6, 6.07) is 2.12. The Morgan fingerprint density at radius 3 is 2.53 bits per heavy atom. The minimum absolute atomic E-state index is 0.0327. The van der Waals surface area contributed by atoms with Gasteiger partial charge in [-0.1, -0.05) is 6.92 Å². The van der Waals surface area contributed by atoms with Crippen molar-refractivity contribution in [1.29, 1.82) is 0 Å². The molecule has 19 heavy (non-hydrogen) atoms. The third-order valence-electron chi connectivity index (χ3n) is 3.23. The number of primary sulfonamides is 1. The van der Waals surface area contributed by atoms with Crippen LogP contribution in [0, 0.1) is 18.7 Å². The van der Waals surface area contributed by atoms with E-state index >= 15 is 0 Å². The summed E-state index contributed by atoms with van der Waals surface area (Å²) in [6.07, 6.45) is 0.848. The molecule has 2 unspecified atom stereocenters. The first-order chi connectivity index (χ1) is 8.70. The van der Waals surface area contributed by atoms with Crippen LogP contribution in [0.2, 0.25) is 0 Å². The van der Waals surface area contributed by atoms with Crippen molar-refractivity contribution in [3.05, 3.63) is 29.1 Å². The molecular weight excluding hydrogens is 271 g/mol. The highest BCUT2D eigenvalue weighted by Gasteiger charge is 2.34. The SMILES string of the molecule is Cc1cc(S(N)(=O)=O)cc(C(=O)NC2CC2C)c1F. The monoisotopic (exact) mass is 286 g/mol. The van der Waals surface area contributed by atoms with E-state index in [2.05, 4.69) is 5.32 Å². The molecule has 0 aliphatic heterocycles. The molecule has 0 radical (unpaired) electrons. The van der Waals surface area contributed by atoms with Crippen molar-refractivity contribution in [2.75, 3.05) is 0 Å². The Balaban J connectivity index is 2.38. The summed E-state index contributed by atoms with van der Waals surface area (Å²) in [7, 11) is -3.97. The first-order valence-corrected chi connectivity index (χ1v) is 7.38. The van der Waals surface area contributed by atoms with E-state index < -0.39 is 21.7 Å². The van der Waals surface area contributed by atoms with Crippen LogP contribution in [0.5, 0.6) is 0 Å². The van der Waals surface area contributed by atoms with E-state index in [-0.39, 0.29) is 22.1 Å². The van der Waals surface area contributed by atoms with Crippen LogP contribution in [-0.4, -0.2) is 20.4 Å². The summed E-state index contributed by atoms with van der Waals surface area (Å²) < 4.78 is 36.5. The number of carbonyl (C=O) groups is 1. The van der Waals surface area contributed by atoms with Crippen molar-refractivity contribution in [2.45, 2.75) is 31.2 Å². The number of hydrogen-bond donors (Lipinski definition) is 2. The number of halogens is 1. The predicted octanol–water partition coefficient (Wildman–Crippen LogP) is 0.920. The average Bonchev–Trinajstić information content (AvgIpc) is 2.96. The van der Waals surface area contributed by atoms with Crippen molar-refractivity contribution in [3.8, 4) is 0 Å². The van der Waals surface area contributed by atoms with Gasteiger partial charge in [0.2, 0.25) is 10.0 Å². The van der Waals surface area contributed by atoms with Gasteiger partial charge in [-0.2, -0.15) is 0 Å². The molecule has 1 aromatic rings. The number of carbonyl (C=O) groups excluding carboxylic acids is 1. The Morgan fingerprint density at radius 1 is 1.47 bits per heavy atom. The lowest BCUT2D eigenvalue weighted by molar-refractivity contribution is 0.0945. The Labute approximate surface area is 111 Å². The molecule has 1 aromatic carbocycles. The van der Waals surface area contributed by atoms with Crippen LogP contribution in [0.3, 0.4) is 0 Å². The number of amides is 1. The van der Waals surface area contributed by atoms with Gasteiger partial charge in [-0.15, -0.1) is 0 Å². The molecule has 1 saturated carbocycles. The molecule has 0 saturated heterocycles. The van der Waals surface area contributed by atoms with Crippen molar-refractivity contribution in [3.63, 3.8) is 0 Å². The second-order valence-corrected chi connectivity index (χ2v) is 6.50. The molecule has 0 aromatic heterocycles. The lowest BCUT2D eigenvalue weighted by Gasteiger charge is -2.09. The van der Waals surface area contributed by atoms with Gasteiger partial charge < -0.3 is 5.32 Å². The fraction of sp³-hybridized carbons (Fsp3) is 0.417. The highest BCUT2D eigenvalue weighted by molar-refractivity contribution is 7.89. The summed E-state index contributed by atoms with van der Waals surface area (Å²) in [6.45, 7) is 3.36. The van der Waals surface area contributed by atoms with Gasteiger partial charge in [0.1, 0.15) is 5.82 Å². The van der Waals surface area contributed by atoms with E-state index in [0.717, 1.165) is 18.6 Å². The number of benzene rings is 1. The molecule has 0 heterocycles. The molecular formula is C12H15FN2O3S. The van der Waals surface area contributed by atoms with Gasteiger partial charge in [0.25, 0.3) is 5.91 Å². The third-order valence-corrected chi connectivity index (χ3v) is 4.12. The van der Waals surface area contributed by atoms with Crippen LogP contribution in [-0.2, 0) is 10.0 Å². The second-order valence-electron chi connectivity index (χ2n) is 4.94. The molecule has 2 atom stereocenters. The van der Waals surface area contributed by atoms with Crippen LogP contribution in [0.15, 0.2) is 17.0 Å². The maximum Gasteiger partial charge on any atom is 0.254 e. The van der Waals surface area contributed by atoms with E-state index in [4.69, 9.17) is 5.14 Å². The number of hydrogen-bond acceptors (Lipinski definition) is 3. The van der Waals surface area contributed by atoms with Crippen LogP contribution in [0.4, 0.5) is 4.39 Å². The van der Waals surface area contributed by atoms with Crippen LogP contribution in [0.1, 0.15) is 29.3 Å². The molecule has 0 bridgehead atoms. The van der Waals surface area contributed by atoms with Crippen molar-refractivity contribution >= 4 is 15.9 Å². The van der Waals surface area contributed by atoms with Gasteiger partial charge in [-0.3, -0.25) is 4.79 Å². The number of aryl methyl sites for hydroxylation is 1. The molecule has 1 aliphatic rings. The van der Waals surface area contributed by atoms with Crippen molar-refractivity contribution in [1.82, 2.24) is 5.32 Å². The van der Waals surface area contributed by atoms with Crippen LogP contribution < -0.4 is 10.5 Å². The smallest absolute Gasteiger partial charge is 0.254 e. The summed E-state index contributed by atoms with van der Waals surface area (Å²) in [4.78, 5) is 11.6. The second kappa shape index (κ2) is 4.57. The molecule has 3 N–H and O–H groups in total. The van der Waals surface area contributed by atoms with Crippen molar-refractivity contribution in [2.24, 2.45) is 11.1 Å². The number of nitrogens with two attached hydrogens (primary N) is 1. The Bertz CT molecular complexity index is 643. The lowest BCUT2D eigenvalue weighted by Crippen LogP contribution is -2.28. The minimum atomic E-state index is -3.97. The summed E-state index contributed by atoms with van der Waals surface area (Å²) in [5.41, 5.74) is -0.219. The zero-order valence-electron chi connectivity index (χ0n) is 10.6. The topological polar surface area (TPSA) is 89.3 Å². The highest BCUT2D eigenvalue weighted by Crippen LogP contribution is 2.29. The first-order valence-electron chi connectivity index (χ1n) is 5.84. The Hall–Kier alpha value is -1.47. The first kappa shape index (κ1) is 14.0. The average molecular weight is 286 g/mol. The van der Waals surface area contributed by atoms with Gasteiger partial charge in [-0.25, -0.2) is 17.9 Å². The normalized spacial score (nSPS) is 22.1. The van der Waals surface area contributed by atoms with Gasteiger partial charge >= 0.3 is 0 Å². The van der Waals surface area contributed by atoms with Gasteiger partial charge in [0.05, 0.1) is 10.5 Å². The van der Waals surface area contributed by atoms with E-state index in [0.29, 0.717) is 5.92 Å². The summed E-state index contributed by atoms with van der Waals surface area (Å²) in [5.74, 6) is -0.965.